The molecule has 0 aliphatic rings. The fourth-order valence-electron chi connectivity index (χ4n) is 2.90. The average molecular weight is 419 g/mol. The van der Waals surface area contributed by atoms with Crippen molar-refractivity contribution < 1.29 is 9.53 Å². The molecule has 3 N–H and O–H groups in total. The van der Waals surface area contributed by atoms with Crippen LogP contribution >= 0.6 is 0 Å². The number of aromatic nitrogens is 2. The van der Waals surface area contributed by atoms with Crippen LogP contribution < -0.4 is 20.7 Å². The number of carbonyl (C=O) groups excluding carboxylic acids is 1. The van der Waals surface area contributed by atoms with Crippen LogP contribution in [0.25, 0.3) is 0 Å². The summed E-state index contributed by atoms with van der Waals surface area (Å²) in [4.78, 5) is 25.8. The highest BCUT2D eigenvalue weighted by molar-refractivity contribution is 6.07. The van der Waals surface area contributed by atoms with E-state index in [2.05, 4.69) is 30.9 Å². The maximum atomic E-state index is 12.6. The lowest BCUT2D eigenvalue weighted by Crippen LogP contribution is -2.39. The molecule has 31 heavy (non-hydrogen) atoms. The van der Waals surface area contributed by atoms with Crippen LogP contribution in [0.5, 0.6) is 5.75 Å². The number of aliphatic imine (C=N–C) groups is 1. The molecule has 1 aromatic heterocycles. The molecule has 0 unspecified atom stereocenters. The van der Waals surface area contributed by atoms with E-state index < -0.39 is 6.03 Å². The topological polar surface area (TPSA) is 101 Å². The van der Waals surface area contributed by atoms with Crippen molar-refractivity contribution in [1.29, 1.82) is 0 Å². The van der Waals surface area contributed by atoms with E-state index in [0.29, 0.717) is 18.2 Å². The number of methoxy groups -OCH3 is 1. The Morgan fingerprint density at radius 2 is 1.65 bits per heavy atom. The zero-order valence-electron chi connectivity index (χ0n) is 18.1. The maximum absolute atomic E-state index is 12.6. The van der Waals surface area contributed by atoms with Crippen molar-refractivity contribution in [2.75, 3.05) is 17.7 Å². The molecular weight excluding hydrogens is 392 g/mol. The number of urea groups is 1. The number of hydrogen-bond acceptors (Lipinski definition) is 5. The highest BCUT2D eigenvalue weighted by atomic mass is 16.5. The molecule has 0 aliphatic carbocycles. The fourth-order valence-corrected chi connectivity index (χ4v) is 2.90. The van der Waals surface area contributed by atoms with Crippen LogP contribution in [-0.4, -0.2) is 29.1 Å². The molecule has 2 amide bonds. The molecule has 0 atom stereocenters. The summed E-state index contributed by atoms with van der Waals surface area (Å²) in [6.07, 6.45) is 0. The van der Waals surface area contributed by atoms with Gasteiger partial charge in [-0.1, -0.05) is 35.9 Å². The quantitative estimate of drug-likeness (QED) is 0.426. The van der Waals surface area contributed by atoms with Gasteiger partial charge in [0, 0.05) is 22.6 Å². The van der Waals surface area contributed by atoms with Crippen LogP contribution in [0.4, 0.5) is 16.4 Å². The van der Waals surface area contributed by atoms with Crippen LogP contribution in [0.2, 0.25) is 0 Å². The van der Waals surface area contributed by atoms with Gasteiger partial charge in [-0.3, -0.25) is 10.6 Å². The Labute approximate surface area is 181 Å². The number of hydrogen-bond donors (Lipinski definition) is 3. The van der Waals surface area contributed by atoms with Gasteiger partial charge in [-0.25, -0.2) is 19.8 Å². The number of carbonyl (C=O) groups is 1. The standard InChI is InChI=1S/C23H26N6O2/c1-15-9-11-19(12-10-15)27-23(30)29-21(28-22-25-16(2)13-17(3)26-22)24-14-18-7-5-6-8-20(18)31-4/h5-13H,14H2,1-4H3,(H3,24,25,26,27,28,29,30). The molecule has 0 fully saturated rings. The molecule has 3 aromatic rings. The number of benzene rings is 2. The number of anilines is 2. The van der Waals surface area contributed by atoms with Crippen molar-refractivity contribution in [2.45, 2.75) is 27.3 Å². The van der Waals surface area contributed by atoms with Gasteiger partial charge in [0.25, 0.3) is 0 Å². The molecule has 0 bridgehead atoms. The van der Waals surface area contributed by atoms with Gasteiger partial charge >= 0.3 is 6.03 Å². The van der Waals surface area contributed by atoms with E-state index in [0.717, 1.165) is 28.3 Å². The Kier molecular flexibility index (Phi) is 7.16. The van der Waals surface area contributed by atoms with Crippen LogP contribution in [0.3, 0.4) is 0 Å². The number of ether oxygens (including phenoxy) is 1. The summed E-state index contributed by atoms with van der Waals surface area (Å²) in [6, 6.07) is 16.5. The Bertz CT molecular complexity index is 1060. The predicted molar refractivity (Wildman–Crippen MR) is 123 cm³/mol. The monoisotopic (exact) mass is 418 g/mol. The summed E-state index contributed by atoms with van der Waals surface area (Å²) in [6.45, 7) is 6.04. The van der Waals surface area contributed by atoms with Crippen molar-refractivity contribution in [3.63, 3.8) is 0 Å². The molecule has 0 spiro atoms. The van der Waals surface area contributed by atoms with Gasteiger partial charge in [-0.15, -0.1) is 0 Å². The summed E-state index contributed by atoms with van der Waals surface area (Å²) in [5.41, 5.74) is 4.28. The number of nitrogens with zero attached hydrogens (tertiary/aromatic N) is 3. The Balaban J connectivity index is 1.80. The molecule has 160 valence electrons. The van der Waals surface area contributed by atoms with Crippen LogP contribution in [0.15, 0.2) is 59.6 Å². The number of aryl methyl sites for hydroxylation is 3. The SMILES string of the molecule is COc1ccccc1CN=C(NC(=O)Nc1ccc(C)cc1)Nc1nc(C)cc(C)n1. The summed E-state index contributed by atoms with van der Waals surface area (Å²) < 4.78 is 5.38. The third kappa shape index (κ3) is 6.53. The van der Waals surface area contributed by atoms with Crippen molar-refractivity contribution in [3.05, 3.63) is 77.1 Å². The summed E-state index contributed by atoms with van der Waals surface area (Å²) in [5.74, 6) is 1.30. The highest BCUT2D eigenvalue weighted by Crippen LogP contribution is 2.18. The summed E-state index contributed by atoms with van der Waals surface area (Å²) in [7, 11) is 1.61. The first-order chi connectivity index (χ1) is 14.9. The zero-order chi connectivity index (χ0) is 22.2. The van der Waals surface area contributed by atoms with Gasteiger partial charge in [0.05, 0.1) is 13.7 Å². The second kappa shape index (κ2) is 10.2. The molecule has 2 aromatic carbocycles. The Morgan fingerprint density at radius 1 is 0.968 bits per heavy atom. The summed E-state index contributed by atoms with van der Waals surface area (Å²) in [5, 5.41) is 8.54. The van der Waals surface area contributed by atoms with E-state index in [4.69, 9.17) is 4.74 Å². The van der Waals surface area contributed by atoms with Crippen molar-refractivity contribution >= 4 is 23.6 Å². The third-order valence-corrected chi connectivity index (χ3v) is 4.35. The molecule has 0 radical (unpaired) electrons. The molecule has 0 aliphatic heterocycles. The predicted octanol–water partition coefficient (Wildman–Crippen LogP) is 4.20. The zero-order valence-corrected chi connectivity index (χ0v) is 18.1. The minimum Gasteiger partial charge on any atom is -0.496 e. The van der Waals surface area contributed by atoms with Gasteiger partial charge in [-0.05, 0) is 45.0 Å². The molecular formula is C23H26N6O2. The number of para-hydroxylation sites is 1. The van der Waals surface area contributed by atoms with Crippen LogP contribution in [0, 0.1) is 20.8 Å². The second-order valence-corrected chi connectivity index (χ2v) is 7.02. The lowest BCUT2D eigenvalue weighted by atomic mass is 10.2. The van der Waals surface area contributed by atoms with Gasteiger partial charge in [0.15, 0.2) is 0 Å². The normalized spacial score (nSPS) is 11.0. The van der Waals surface area contributed by atoms with E-state index in [1.54, 1.807) is 7.11 Å². The molecule has 0 saturated carbocycles. The first-order valence-electron chi connectivity index (χ1n) is 9.83. The Morgan fingerprint density at radius 3 is 2.32 bits per heavy atom. The third-order valence-electron chi connectivity index (χ3n) is 4.35. The fraction of sp³-hybridized carbons (Fsp3) is 0.217. The molecule has 0 saturated heterocycles. The number of amides is 2. The molecule has 3 rings (SSSR count). The van der Waals surface area contributed by atoms with E-state index in [1.165, 1.54) is 0 Å². The summed E-state index contributed by atoms with van der Waals surface area (Å²) >= 11 is 0. The smallest absolute Gasteiger partial charge is 0.326 e. The minimum absolute atomic E-state index is 0.223. The highest BCUT2D eigenvalue weighted by Gasteiger charge is 2.10. The van der Waals surface area contributed by atoms with Gasteiger partial charge in [0.2, 0.25) is 11.9 Å². The van der Waals surface area contributed by atoms with Crippen molar-refractivity contribution in [3.8, 4) is 5.75 Å². The Hall–Kier alpha value is -3.94. The van der Waals surface area contributed by atoms with Gasteiger partial charge < -0.3 is 10.1 Å². The van der Waals surface area contributed by atoms with E-state index in [-0.39, 0.29) is 5.96 Å². The molecule has 8 heteroatoms. The number of rotatable bonds is 5. The first kappa shape index (κ1) is 21.8. The van der Waals surface area contributed by atoms with Crippen LogP contribution in [-0.2, 0) is 6.54 Å². The largest absolute Gasteiger partial charge is 0.496 e. The van der Waals surface area contributed by atoms with E-state index in [1.807, 2.05) is 75.4 Å². The van der Waals surface area contributed by atoms with E-state index >= 15 is 0 Å². The maximum Gasteiger partial charge on any atom is 0.326 e. The molecule has 8 nitrogen and oxygen atoms in total. The van der Waals surface area contributed by atoms with Gasteiger partial charge in [0.1, 0.15) is 5.75 Å². The average Bonchev–Trinajstić information content (AvgIpc) is 2.73. The molecule has 1 heterocycles. The van der Waals surface area contributed by atoms with Crippen molar-refractivity contribution in [2.24, 2.45) is 4.99 Å². The number of guanidine groups is 1. The minimum atomic E-state index is -0.431. The lowest BCUT2D eigenvalue weighted by molar-refractivity contribution is 0.256. The second-order valence-electron chi connectivity index (χ2n) is 7.02. The van der Waals surface area contributed by atoms with Crippen LogP contribution in [0.1, 0.15) is 22.5 Å². The van der Waals surface area contributed by atoms with Gasteiger partial charge in [-0.2, -0.15) is 0 Å². The van der Waals surface area contributed by atoms with E-state index in [9.17, 15) is 4.79 Å². The van der Waals surface area contributed by atoms with Crippen molar-refractivity contribution in [1.82, 2.24) is 15.3 Å². The first-order valence-corrected chi connectivity index (χ1v) is 9.83. The lowest BCUT2D eigenvalue weighted by Gasteiger charge is -2.13. The number of nitrogens with one attached hydrogen (secondary N) is 3.